The second kappa shape index (κ2) is 7.40. The molecule has 0 saturated heterocycles. The van der Waals surface area contributed by atoms with Gasteiger partial charge in [0, 0.05) is 18.7 Å². The van der Waals surface area contributed by atoms with E-state index < -0.39 is 15.8 Å². The molecule has 0 bridgehead atoms. The Labute approximate surface area is 114 Å². The summed E-state index contributed by atoms with van der Waals surface area (Å²) in [5.41, 5.74) is 6.48. The van der Waals surface area contributed by atoms with Crippen LogP contribution in [0.2, 0.25) is 0 Å². The summed E-state index contributed by atoms with van der Waals surface area (Å²) >= 11 is 0. The quantitative estimate of drug-likeness (QED) is 0.784. The van der Waals surface area contributed by atoms with Crippen molar-refractivity contribution in [3.8, 4) is 0 Å². The lowest BCUT2D eigenvalue weighted by Gasteiger charge is -2.14. The van der Waals surface area contributed by atoms with Crippen LogP contribution in [-0.4, -0.2) is 32.3 Å². The lowest BCUT2D eigenvalue weighted by molar-refractivity contribution is -0.119. The molecule has 5 heteroatoms. The van der Waals surface area contributed by atoms with Crippen LogP contribution in [0.1, 0.15) is 31.2 Å². The fourth-order valence-corrected chi connectivity index (χ4v) is 3.32. The third-order valence-electron chi connectivity index (χ3n) is 3.00. The first-order valence-corrected chi connectivity index (χ1v) is 8.30. The molecule has 1 unspecified atom stereocenters. The van der Waals surface area contributed by atoms with Crippen molar-refractivity contribution in [1.29, 1.82) is 0 Å². The lowest BCUT2D eigenvalue weighted by Crippen LogP contribution is -2.24. The van der Waals surface area contributed by atoms with Gasteiger partial charge in [0.15, 0.2) is 9.84 Å². The predicted molar refractivity (Wildman–Crippen MR) is 76.8 cm³/mol. The van der Waals surface area contributed by atoms with E-state index in [1.54, 1.807) is 0 Å². The van der Waals surface area contributed by atoms with Gasteiger partial charge in [-0.1, -0.05) is 37.3 Å². The minimum atomic E-state index is -3.11. The highest BCUT2D eigenvalue weighted by atomic mass is 32.2. The van der Waals surface area contributed by atoms with E-state index in [9.17, 15) is 13.2 Å². The van der Waals surface area contributed by atoms with Crippen molar-refractivity contribution in [3.63, 3.8) is 0 Å². The van der Waals surface area contributed by atoms with Crippen LogP contribution < -0.4 is 5.73 Å². The van der Waals surface area contributed by atoms with Crippen LogP contribution in [0.4, 0.5) is 0 Å². The summed E-state index contributed by atoms with van der Waals surface area (Å²) in [7, 11) is -3.11. The summed E-state index contributed by atoms with van der Waals surface area (Å²) in [6, 6.07) is 9.25. The molecule has 2 N–H and O–H groups in total. The SMILES string of the molecule is CCCS(=O)(=O)CCC(=O)C(CN)c1ccccc1. The number of rotatable bonds is 8. The predicted octanol–water partition coefficient (Wildman–Crippen LogP) is 1.51. The molecule has 0 spiro atoms. The molecule has 19 heavy (non-hydrogen) atoms. The van der Waals surface area contributed by atoms with E-state index in [2.05, 4.69) is 0 Å². The van der Waals surface area contributed by atoms with Gasteiger partial charge in [-0.15, -0.1) is 0 Å². The average Bonchev–Trinajstić information content (AvgIpc) is 2.39. The molecule has 106 valence electrons. The minimum Gasteiger partial charge on any atom is -0.329 e. The van der Waals surface area contributed by atoms with Gasteiger partial charge in [-0.3, -0.25) is 4.79 Å². The highest BCUT2D eigenvalue weighted by Gasteiger charge is 2.21. The third kappa shape index (κ3) is 5.12. The van der Waals surface area contributed by atoms with Crippen molar-refractivity contribution < 1.29 is 13.2 Å². The molecule has 0 aliphatic rings. The zero-order valence-electron chi connectivity index (χ0n) is 11.2. The molecule has 1 aromatic rings. The van der Waals surface area contributed by atoms with Gasteiger partial charge in [0.25, 0.3) is 0 Å². The smallest absolute Gasteiger partial charge is 0.150 e. The third-order valence-corrected chi connectivity index (χ3v) is 4.86. The Hall–Kier alpha value is -1.20. The molecule has 1 atom stereocenters. The fraction of sp³-hybridized carbons (Fsp3) is 0.500. The van der Waals surface area contributed by atoms with Gasteiger partial charge >= 0.3 is 0 Å². The summed E-state index contributed by atoms with van der Waals surface area (Å²) < 4.78 is 23.2. The summed E-state index contributed by atoms with van der Waals surface area (Å²) in [4.78, 5) is 12.1. The number of ketones is 1. The van der Waals surface area contributed by atoms with E-state index >= 15 is 0 Å². The Balaban J connectivity index is 2.66. The molecular formula is C14H21NO3S. The zero-order chi connectivity index (χ0) is 14.3. The van der Waals surface area contributed by atoms with E-state index in [4.69, 9.17) is 5.73 Å². The van der Waals surface area contributed by atoms with Crippen LogP contribution in [0.3, 0.4) is 0 Å². The summed E-state index contributed by atoms with van der Waals surface area (Å²) in [6.07, 6.45) is 0.620. The molecule has 0 saturated carbocycles. The van der Waals surface area contributed by atoms with Crippen molar-refractivity contribution >= 4 is 15.6 Å². The number of benzene rings is 1. The largest absolute Gasteiger partial charge is 0.329 e. The number of nitrogens with two attached hydrogens (primary N) is 1. The maximum Gasteiger partial charge on any atom is 0.150 e. The molecule has 4 nitrogen and oxygen atoms in total. The monoisotopic (exact) mass is 283 g/mol. The Bertz CT molecular complexity index is 497. The Kier molecular flexibility index (Phi) is 6.18. The maximum absolute atomic E-state index is 12.1. The van der Waals surface area contributed by atoms with Crippen molar-refractivity contribution in [2.45, 2.75) is 25.7 Å². The van der Waals surface area contributed by atoms with Crippen molar-refractivity contribution in [2.24, 2.45) is 5.73 Å². The molecule has 0 amide bonds. The Morgan fingerprint density at radius 2 is 1.84 bits per heavy atom. The van der Waals surface area contributed by atoms with Crippen molar-refractivity contribution in [3.05, 3.63) is 35.9 Å². The van der Waals surface area contributed by atoms with Crippen LogP contribution in [-0.2, 0) is 14.6 Å². The molecule has 0 aromatic heterocycles. The standard InChI is InChI=1S/C14H21NO3S/c1-2-9-19(17,18)10-8-14(16)13(11-15)12-6-4-3-5-7-12/h3-7,13H,2,8-11,15H2,1H3. The maximum atomic E-state index is 12.1. The number of hydrogen-bond acceptors (Lipinski definition) is 4. The minimum absolute atomic E-state index is 0.0408. The van der Waals surface area contributed by atoms with Crippen LogP contribution in [0.15, 0.2) is 30.3 Å². The number of carbonyl (C=O) groups excluding carboxylic acids is 1. The second-order valence-electron chi connectivity index (χ2n) is 4.57. The first kappa shape index (κ1) is 15.9. The van der Waals surface area contributed by atoms with Gasteiger partial charge in [0.05, 0.1) is 11.7 Å². The van der Waals surface area contributed by atoms with Gasteiger partial charge in [0.2, 0.25) is 0 Å². The van der Waals surface area contributed by atoms with Crippen LogP contribution in [0.25, 0.3) is 0 Å². The highest BCUT2D eigenvalue weighted by molar-refractivity contribution is 7.91. The molecular weight excluding hydrogens is 262 g/mol. The highest BCUT2D eigenvalue weighted by Crippen LogP contribution is 2.17. The first-order valence-electron chi connectivity index (χ1n) is 6.48. The van der Waals surface area contributed by atoms with Crippen LogP contribution >= 0.6 is 0 Å². The zero-order valence-corrected chi connectivity index (χ0v) is 12.0. The molecule has 0 aliphatic heterocycles. The average molecular weight is 283 g/mol. The summed E-state index contributed by atoms with van der Waals surface area (Å²) in [6.45, 7) is 2.02. The van der Waals surface area contributed by atoms with E-state index in [0.717, 1.165) is 5.56 Å². The van der Waals surface area contributed by atoms with Gasteiger partial charge in [-0.25, -0.2) is 8.42 Å². The summed E-state index contributed by atoms with van der Waals surface area (Å²) in [5.74, 6) is -0.451. The molecule has 0 heterocycles. The summed E-state index contributed by atoms with van der Waals surface area (Å²) in [5, 5.41) is 0. The lowest BCUT2D eigenvalue weighted by atomic mass is 9.93. The second-order valence-corrected chi connectivity index (χ2v) is 6.87. The van der Waals surface area contributed by atoms with E-state index in [1.165, 1.54) is 0 Å². The Morgan fingerprint density at radius 1 is 1.21 bits per heavy atom. The number of hydrogen-bond donors (Lipinski definition) is 1. The first-order chi connectivity index (χ1) is 9.00. The number of Topliss-reactive ketones (excluding diaryl/α,β-unsaturated/α-hetero) is 1. The van der Waals surface area contributed by atoms with E-state index in [0.29, 0.717) is 6.42 Å². The molecule has 0 radical (unpaired) electrons. The van der Waals surface area contributed by atoms with Crippen molar-refractivity contribution in [1.82, 2.24) is 0 Å². The van der Waals surface area contributed by atoms with Gasteiger partial charge in [-0.2, -0.15) is 0 Å². The van der Waals surface area contributed by atoms with Crippen LogP contribution in [0, 0.1) is 0 Å². The molecule has 1 rings (SSSR count). The van der Waals surface area contributed by atoms with E-state index in [-0.39, 0.29) is 30.3 Å². The normalized spacial score (nSPS) is 13.2. The topological polar surface area (TPSA) is 77.2 Å². The molecule has 0 fully saturated rings. The van der Waals surface area contributed by atoms with E-state index in [1.807, 2.05) is 37.3 Å². The number of carbonyl (C=O) groups is 1. The molecule has 0 aliphatic carbocycles. The number of sulfone groups is 1. The Morgan fingerprint density at radius 3 is 2.37 bits per heavy atom. The molecule has 1 aromatic carbocycles. The van der Waals surface area contributed by atoms with Gasteiger partial charge < -0.3 is 5.73 Å². The van der Waals surface area contributed by atoms with Crippen LogP contribution in [0.5, 0.6) is 0 Å². The van der Waals surface area contributed by atoms with Gasteiger partial charge in [0.1, 0.15) is 5.78 Å². The fourth-order valence-electron chi connectivity index (χ4n) is 1.98. The van der Waals surface area contributed by atoms with Crippen molar-refractivity contribution in [2.75, 3.05) is 18.1 Å². The van der Waals surface area contributed by atoms with Gasteiger partial charge in [-0.05, 0) is 12.0 Å².